The molecule has 1 atom stereocenters. The highest BCUT2D eigenvalue weighted by molar-refractivity contribution is 7.84. The zero-order valence-electron chi connectivity index (χ0n) is 11.3. The fourth-order valence-electron chi connectivity index (χ4n) is 2.69. The van der Waals surface area contributed by atoms with Crippen molar-refractivity contribution in [2.45, 2.75) is 38.4 Å². The lowest BCUT2D eigenvalue weighted by molar-refractivity contribution is 0.411. The van der Waals surface area contributed by atoms with Gasteiger partial charge in [0.15, 0.2) is 0 Å². The molecule has 0 aromatic heterocycles. The molecule has 0 spiro atoms. The van der Waals surface area contributed by atoms with Crippen LogP contribution in [0.3, 0.4) is 0 Å². The van der Waals surface area contributed by atoms with Crippen molar-refractivity contribution in [1.29, 1.82) is 0 Å². The van der Waals surface area contributed by atoms with Gasteiger partial charge in [0.05, 0.1) is 12.9 Å². The molecule has 1 aromatic carbocycles. The second-order valence-corrected chi connectivity index (χ2v) is 6.72. The maximum atomic E-state index is 12.2. The summed E-state index contributed by atoms with van der Waals surface area (Å²) in [4.78, 5) is 0. The predicted molar refractivity (Wildman–Crippen MR) is 76.4 cm³/mol. The summed E-state index contributed by atoms with van der Waals surface area (Å²) in [6, 6.07) is 6.09. The standard InChI is InChI=1S/C15H22O2S/c1-12-7-8-15(17-2)14(9-12)11-18(16)10-13-5-3-4-6-13/h7-9,13H,3-6,10-11H2,1-2H3. The van der Waals surface area contributed by atoms with Crippen LogP contribution in [0.15, 0.2) is 18.2 Å². The Morgan fingerprint density at radius 1 is 1.33 bits per heavy atom. The molecule has 2 nitrogen and oxygen atoms in total. The van der Waals surface area contributed by atoms with Gasteiger partial charge in [0.1, 0.15) is 5.75 Å². The quantitative estimate of drug-likeness (QED) is 0.816. The van der Waals surface area contributed by atoms with E-state index in [0.717, 1.165) is 17.1 Å². The number of aryl methyl sites for hydroxylation is 1. The first-order chi connectivity index (χ1) is 8.69. The summed E-state index contributed by atoms with van der Waals surface area (Å²) in [5.41, 5.74) is 2.28. The topological polar surface area (TPSA) is 26.3 Å². The lowest BCUT2D eigenvalue weighted by Crippen LogP contribution is -2.10. The van der Waals surface area contributed by atoms with Gasteiger partial charge in [-0.1, -0.05) is 30.5 Å². The molecule has 0 amide bonds. The fraction of sp³-hybridized carbons (Fsp3) is 0.600. The Morgan fingerprint density at radius 2 is 2.06 bits per heavy atom. The number of methoxy groups -OCH3 is 1. The summed E-state index contributed by atoms with van der Waals surface area (Å²) < 4.78 is 17.5. The molecule has 0 N–H and O–H groups in total. The summed E-state index contributed by atoms with van der Waals surface area (Å²) >= 11 is 0. The number of hydrogen-bond donors (Lipinski definition) is 0. The summed E-state index contributed by atoms with van der Waals surface area (Å²) in [6.45, 7) is 2.06. The van der Waals surface area contributed by atoms with E-state index in [1.165, 1.54) is 31.2 Å². The van der Waals surface area contributed by atoms with Gasteiger partial charge >= 0.3 is 0 Å². The highest BCUT2D eigenvalue weighted by atomic mass is 32.2. The number of benzene rings is 1. The zero-order chi connectivity index (χ0) is 13.0. The lowest BCUT2D eigenvalue weighted by Gasteiger charge is -2.11. The summed E-state index contributed by atoms with van der Waals surface area (Å²) in [5, 5.41) is 0. The van der Waals surface area contributed by atoms with E-state index >= 15 is 0 Å². The molecule has 1 saturated carbocycles. The van der Waals surface area contributed by atoms with Gasteiger partial charge in [-0.05, 0) is 31.7 Å². The molecule has 1 aliphatic carbocycles. The predicted octanol–water partition coefficient (Wildman–Crippen LogP) is 3.44. The molecule has 1 aliphatic rings. The van der Waals surface area contributed by atoms with E-state index in [0.29, 0.717) is 11.7 Å². The van der Waals surface area contributed by atoms with Crippen molar-refractivity contribution in [3.8, 4) is 5.75 Å². The summed E-state index contributed by atoms with van der Waals surface area (Å²) in [6.07, 6.45) is 5.15. The minimum atomic E-state index is -0.761. The maximum Gasteiger partial charge on any atom is 0.123 e. The molecule has 2 rings (SSSR count). The van der Waals surface area contributed by atoms with Crippen LogP contribution in [0.5, 0.6) is 5.75 Å². The molecule has 1 unspecified atom stereocenters. The van der Waals surface area contributed by atoms with Crippen molar-refractivity contribution in [2.75, 3.05) is 12.9 Å². The van der Waals surface area contributed by atoms with Crippen LogP contribution in [0, 0.1) is 12.8 Å². The Hall–Kier alpha value is -0.830. The van der Waals surface area contributed by atoms with Gasteiger partial charge in [-0.2, -0.15) is 0 Å². The van der Waals surface area contributed by atoms with E-state index in [1.807, 2.05) is 12.1 Å². The fourth-order valence-corrected chi connectivity index (χ4v) is 4.24. The van der Waals surface area contributed by atoms with E-state index in [1.54, 1.807) is 7.11 Å². The van der Waals surface area contributed by atoms with Gasteiger partial charge in [-0.15, -0.1) is 0 Å². The van der Waals surface area contributed by atoms with Gasteiger partial charge in [0, 0.05) is 22.1 Å². The average molecular weight is 266 g/mol. The van der Waals surface area contributed by atoms with Crippen LogP contribution in [0.4, 0.5) is 0 Å². The van der Waals surface area contributed by atoms with Crippen LogP contribution in [0.1, 0.15) is 36.8 Å². The van der Waals surface area contributed by atoms with Crippen LogP contribution in [0.2, 0.25) is 0 Å². The molecule has 0 bridgehead atoms. The molecule has 0 heterocycles. The smallest absolute Gasteiger partial charge is 0.123 e. The molecular formula is C15H22O2S. The Labute approximate surface area is 112 Å². The molecule has 18 heavy (non-hydrogen) atoms. The molecule has 1 aromatic rings. The van der Waals surface area contributed by atoms with Crippen LogP contribution in [-0.2, 0) is 16.6 Å². The van der Waals surface area contributed by atoms with Crippen LogP contribution < -0.4 is 4.74 Å². The monoisotopic (exact) mass is 266 g/mol. The Bertz CT molecular complexity index is 423. The average Bonchev–Trinajstić information content (AvgIpc) is 2.82. The van der Waals surface area contributed by atoms with Gasteiger partial charge in [0.2, 0.25) is 0 Å². The minimum Gasteiger partial charge on any atom is -0.496 e. The second-order valence-electron chi connectivity index (χ2n) is 5.22. The first-order valence-electron chi connectivity index (χ1n) is 6.67. The van der Waals surface area contributed by atoms with Crippen molar-refractivity contribution in [3.05, 3.63) is 29.3 Å². The molecule has 0 aliphatic heterocycles. The molecule has 3 heteroatoms. The van der Waals surface area contributed by atoms with Crippen molar-refractivity contribution in [2.24, 2.45) is 5.92 Å². The normalized spacial score (nSPS) is 17.9. The van der Waals surface area contributed by atoms with E-state index in [-0.39, 0.29) is 0 Å². The van der Waals surface area contributed by atoms with Gasteiger partial charge in [0.25, 0.3) is 0 Å². The third-order valence-electron chi connectivity index (χ3n) is 3.65. The lowest BCUT2D eigenvalue weighted by atomic mass is 10.1. The first kappa shape index (κ1) is 13.6. The molecular weight excluding hydrogens is 244 g/mol. The molecule has 1 fully saturated rings. The van der Waals surface area contributed by atoms with E-state index in [4.69, 9.17) is 4.74 Å². The largest absolute Gasteiger partial charge is 0.496 e. The van der Waals surface area contributed by atoms with E-state index in [9.17, 15) is 4.21 Å². The second kappa shape index (κ2) is 6.37. The molecule has 0 saturated heterocycles. The van der Waals surface area contributed by atoms with Gasteiger partial charge in [-0.25, -0.2) is 0 Å². The Kier molecular flexibility index (Phi) is 4.81. The highest BCUT2D eigenvalue weighted by Crippen LogP contribution is 2.27. The summed E-state index contributed by atoms with van der Waals surface area (Å²) in [5.74, 6) is 3.03. The van der Waals surface area contributed by atoms with Crippen molar-refractivity contribution in [3.63, 3.8) is 0 Å². The van der Waals surface area contributed by atoms with E-state index < -0.39 is 10.8 Å². The van der Waals surface area contributed by atoms with Crippen LogP contribution in [0.25, 0.3) is 0 Å². The first-order valence-corrected chi connectivity index (χ1v) is 8.16. The van der Waals surface area contributed by atoms with Crippen molar-refractivity contribution in [1.82, 2.24) is 0 Å². The number of hydrogen-bond acceptors (Lipinski definition) is 2. The Morgan fingerprint density at radius 3 is 2.72 bits per heavy atom. The summed E-state index contributed by atoms with van der Waals surface area (Å²) in [7, 11) is 0.914. The Balaban J connectivity index is 1.99. The number of ether oxygens (including phenoxy) is 1. The molecule has 100 valence electrons. The highest BCUT2D eigenvalue weighted by Gasteiger charge is 2.18. The van der Waals surface area contributed by atoms with Crippen molar-refractivity contribution < 1.29 is 8.95 Å². The van der Waals surface area contributed by atoms with Gasteiger partial charge < -0.3 is 4.74 Å². The third-order valence-corrected chi connectivity index (χ3v) is 5.12. The minimum absolute atomic E-state index is 0.626. The van der Waals surface area contributed by atoms with Crippen LogP contribution >= 0.6 is 0 Å². The van der Waals surface area contributed by atoms with Gasteiger partial charge in [-0.3, -0.25) is 4.21 Å². The molecule has 0 radical (unpaired) electrons. The van der Waals surface area contributed by atoms with Crippen molar-refractivity contribution >= 4 is 10.8 Å². The zero-order valence-corrected chi connectivity index (χ0v) is 12.1. The van der Waals surface area contributed by atoms with Crippen LogP contribution in [-0.4, -0.2) is 17.1 Å². The van der Waals surface area contributed by atoms with E-state index in [2.05, 4.69) is 13.0 Å². The third kappa shape index (κ3) is 3.58. The SMILES string of the molecule is COc1ccc(C)cc1CS(=O)CC1CCCC1. The number of rotatable bonds is 5. The maximum absolute atomic E-state index is 12.2.